The lowest BCUT2D eigenvalue weighted by Crippen LogP contribution is -2.46. The van der Waals surface area contributed by atoms with Gasteiger partial charge in [-0.25, -0.2) is 4.79 Å². The van der Waals surface area contributed by atoms with Crippen LogP contribution >= 0.6 is 0 Å². The van der Waals surface area contributed by atoms with Crippen LogP contribution in [0.4, 0.5) is 4.79 Å². The first-order valence-electron chi connectivity index (χ1n) is 6.53. The van der Waals surface area contributed by atoms with Crippen LogP contribution in [0.1, 0.15) is 26.7 Å². The van der Waals surface area contributed by atoms with Crippen LogP contribution in [0.2, 0.25) is 0 Å². The van der Waals surface area contributed by atoms with Crippen molar-refractivity contribution in [2.45, 2.75) is 32.7 Å². The first kappa shape index (κ1) is 14.9. The molecule has 104 valence electrons. The Balaban J connectivity index is 2.43. The van der Waals surface area contributed by atoms with Gasteiger partial charge < -0.3 is 11.1 Å². The zero-order chi connectivity index (χ0) is 13.5. The van der Waals surface area contributed by atoms with Crippen LogP contribution in [-0.4, -0.2) is 49.1 Å². The second kappa shape index (κ2) is 7.33. The fraction of sp³-hybridized carbons (Fsp3) is 0.833. The maximum atomic E-state index is 11.5. The van der Waals surface area contributed by atoms with Crippen molar-refractivity contribution in [1.29, 1.82) is 0 Å². The highest BCUT2D eigenvalue weighted by Crippen LogP contribution is 2.14. The number of imide groups is 1. The first-order chi connectivity index (χ1) is 8.49. The summed E-state index contributed by atoms with van der Waals surface area (Å²) in [4.78, 5) is 24.3. The molecule has 4 N–H and O–H groups in total. The monoisotopic (exact) mass is 256 g/mol. The molecule has 1 heterocycles. The average molecular weight is 256 g/mol. The third-order valence-corrected chi connectivity index (χ3v) is 3.29. The molecule has 0 aromatic rings. The van der Waals surface area contributed by atoms with Gasteiger partial charge in [-0.05, 0) is 45.7 Å². The number of carbonyl (C=O) groups is 2. The highest BCUT2D eigenvalue weighted by atomic mass is 16.2. The van der Waals surface area contributed by atoms with Gasteiger partial charge in [-0.3, -0.25) is 15.0 Å². The minimum atomic E-state index is -0.787. The van der Waals surface area contributed by atoms with Gasteiger partial charge in [0.05, 0.1) is 6.54 Å². The minimum absolute atomic E-state index is 0.227. The minimum Gasteiger partial charge on any atom is -0.351 e. The van der Waals surface area contributed by atoms with Gasteiger partial charge >= 0.3 is 6.03 Å². The molecule has 0 aliphatic carbocycles. The second-order valence-corrected chi connectivity index (χ2v) is 5.13. The van der Waals surface area contributed by atoms with Gasteiger partial charge in [-0.2, -0.15) is 0 Å². The van der Waals surface area contributed by atoms with Crippen LogP contribution < -0.4 is 16.4 Å². The van der Waals surface area contributed by atoms with Crippen molar-refractivity contribution < 1.29 is 9.59 Å². The number of carbonyl (C=O) groups excluding carboxylic acids is 2. The lowest BCUT2D eigenvalue weighted by molar-refractivity contribution is -0.121. The lowest BCUT2D eigenvalue weighted by Gasteiger charge is -2.32. The van der Waals surface area contributed by atoms with Crippen molar-refractivity contribution in [1.82, 2.24) is 15.5 Å². The molecule has 0 aromatic heterocycles. The predicted molar refractivity (Wildman–Crippen MR) is 70.0 cm³/mol. The topological polar surface area (TPSA) is 87.5 Å². The van der Waals surface area contributed by atoms with Crippen molar-refractivity contribution in [2.75, 3.05) is 26.2 Å². The molecule has 1 saturated heterocycles. The van der Waals surface area contributed by atoms with Crippen molar-refractivity contribution in [3.63, 3.8) is 0 Å². The Labute approximate surface area is 108 Å². The predicted octanol–water partition coefficient (Wildman–Crippen LogP) is -0.109. The van der Waals surface area contributed by atoms with E-state index < -0.39 is 6.03 Å². The molecule has 0 bridgehead atoms. The summed E-state index contributed by atoms with van der Waals surface area (Å²) in [7, 11) is 0. The normalized spacial score (nSPS) is 17.1. The maximum absolute atomic E-state index is 11.5. The van der Waals surface area contributed by atoms with Gasteiger partial charge in [0.1, 0.15) is 0 Å². The summed E-state index contributed by atoms with van der Waals surface area (Å²) in [6, 6.07) is -0.510. The second-order valence-electron chi connectivity index (χ2n) is 5.13. The molecular formula is C12H24N4O2. The summed E-state index contributed by atoms with van der Waals surface area (Å²) in [5, 5.41) is 5.44. The van der Waals surface area contributed by atoms with E-state index in [2.05, 4.69) is 29.4 Å². The van der Waals surface area contributed by atoms with E-state index in [0.29, 0.717) is 5.92 Å². The summed E-state index contributed by atoms with van der Waals surface area (Å²) in [6.45, 7) is 7.32. The summed E-state index contributed by atoms with van der Waals surface area (Å²) in [5.41, 5.74) is 4.93. The molecule has 0 aromatic carbocycles. The Morgan fingerprint density at radius 3 is 2.50 bits per heavy atom. The number of hydrogen-bond acceptors (Lipinski definition) is 4. The van der Waals surface area contributed by atoms with Gasteiger partial charge in [-0.1, -0.05) is 0 Å². The van der Waals surface area contributed by atoms with Gasteiger partial charge in [0.2, 0.25) is 5.91 Å². The molecule has 0 atom stereocenters. The summed E-state index contributed by atoms with van der Waals surface area (Å²) >= 11 is 0. The molecule has 18 heavy (non-hydrogen) atoms. The van der Waals surface area contributed by atoms with Crippen molar-refractivity contribution in [3.05, 3.63) is 0 Å². The van der Waals surface area contributed by atoms with Crippen LogP contribution in [0, 0.1) is 5.92 Å². The molecule has 6 heteroatoms. The van der Waals surface area contributed by atoms with Gasteiger partial charge in [-0.15, -0.1) is 0 Å². The number of nitrogens with zero attached hydrogens (tertiary/aromatic N) is 1. The number of nitrogens with one attached hydrogen (secondary N) is 2. The molecular weight excluding hydrogens is 232 g/mol. The third-order valence-electron chi connectivity index (χ3n) is 3.29. The highest BCUT2D eigenvalue weighted by Gasteiger charge is 2.21. The highest BCUT2D eigenvalue weighted by molar-refractivity contribution is 5.94. The molecule has 0 unspecified atom stereocenters. The Morgan fingerprint density at radius 1 is 1.39 bits per heavy atom. The lowest BCUT2D eigenvalue weighted by atomic mass is 9.97. The summed E-state index contributed by atoms with van der Waals surface area (Å²) in [5.74, 6) is 0.292. The van der Waals surface area contributed by atoms with E-state index in [1.165, 1.54) is 0 Å². The van der Waals surface area contributed by atoms with Crippen LogP contribution in [0.3, 0.4) is 0 Å². The van der Waals surface area contributed by atoms with E-state index in [1.54, 1.807) is 0 Å². The molecule has 0 radical (unpaired) electrons. The quantitative estimate of drug-likeness (QED) is 0.640. The number of hydrogen-bond donors (Lipinski definition) is 3. The fourth-order valence-electron chi connectivity index (χ4n) is 2.22. The maximum Gasteiger partial charge on any atom is 0.318 e. The van der Waals surface area contributed by atoms with Crippen LogP contribution in [-0.2, 0) is 4.79 Å². The molecule has 1 aliphatic heterocycles. The Morgan fingerprint density at radius 2 is 2.00 bits per heavy atom. The van der Waals surface area contributed by atoms with E-state index >= 15 is 0 Å². The van der Waals surface area contributed by atoms with Crippen LogP contribution in [0.25, 0.3) is 0 Å². The SMILES string of the molecule is CC(C)N(CC(=O)NC(N)=O)CC1CCNCC1. The molecule has 3 amide bonds. The molecule has 6 nitrogen and oxygen atoms in total. The van der Waals surface area contributed by atoms with E-state index in [1.807, 2.05) is 0 Å². The van der Waals surface area contributed by atoms with Crippen molar-refractivity contribution in [3.8, 4) is 0 Å². The molecule has 1 fully saturated rings. The smallest absolute Gasteiger partial charge is 0.318 e. The first-order valence-corrected chi connectivity index (χ1v) is 6.53. The molecule has 1 aliphatic rings. The number of urea groups is 1. The van der Waals surface area contributed by atoms with E-state index in [0.717, 1.165) is 32.5 Å². The van der Waals surface area contributed by atoms with E-state index in [9.17, 15) is 9.59 Å². The van der Waals surface area contributed by atoms with Gasteiger partial charge in [0, 0.05) is 12.6 Å². The van der Waals surface area contributed by atoms with Crippen LogP contribution in [0.15, 0.2) is 0 Å². The van der Waals surface area contributed by atoms with Crippen molar-refractivity contribution >= 4 is 11.9 Å². The van der Waals surface area contributed by atoms with Crippen LogP contribution in [0.5, 0.6) is 0 Å². The Bertz CT molecular complexity index is 288. The number of primary amides is 1. The number of amides is 3. The molecule has 0 saturated carbocycles. The standard InChI is InChI=1S/C12H24N4O2/c1-9(2)16(8-11(17)15-12(13)18)7-10-3-5-14-6-4-10/h9-10,14H,3-8H2,1-2H3,(H3,13,15,17,18). The number of piperidine rings is 1. The van der Waals surface area contributed by atoms with Gasteiger partial charge in [0.25, 0.3) is 0 Å². The number of nitrogens with two attached hydrogens (primary N) is 1. The van der Waals surface area contributed by atoms with E-state index in [-0.39, 0.29) is 18.5 Å². The Kier molecular flexibility index (Phi) is 6.07. The average Bonchev–Trinajstić information content (AvgIpc) is 2.28. The van der Waals surface area contributed by atoms with Crippen molar-refractivity contribution in [2.24, 2.45) is 11.7 Å². The summed E-state index contributed by atoms with van der Waals surface area (Å²) in [6.07, 6.45) is 2.28. The summed E-state index contributed by atoms with van der Waals surface area (Å²) < 4.78 is 0. The zero-order valence-electron chi connectivity index (χ0n) is 11.2. The largest absolute Gasteiger partial charge is 0.351 e. The molecule has 0 spiro atoms. The molecule has 1 rings (SSSR count). The third kappa shape index (κ3) is 5.46. The Hall–Kier alpha value is -1.14. The number of rotatable bonds is 5. The van der Waals surface area contributed by atoms with Gasteiger partial charge in [0.15, 0.2) is 0 Å². The van der Waals surface area contributed by atoms with E-state index in [4.69, 9.17) is 5.73 Å². The zero-order valence-corrected chi connectivity index (χ0v) is 11.2. The fourth-order valence-corrected chi connectivity index (χ4v) is 2.22.